The number of nitroso groups, excluding NO2 is 3. The molecule has 0 spiro atoms. The average molecular weight is 309 g/mol. The first-order valence-corrected chi connectivity index (χ1v) is 6.10. The van der Waals surface area contributed by atoms with Crippen molar-refractivity contribution >= 4 is 0 Å². The molecule has 0 aliphatic rings. The summed E-state index contributed by atoms with van der Waals surface area (Å²) in [5.41, 5.74) is 0. The van der Waals surface area contributed by atoms with Gasteiger partial charge in [0, 0.05) is 0 Å². The molecule has 5 N–H and O–H groups in total. The second kappa shape index (κ2) is 8.79. The second-order valence-corrected chi connectivity index (χ2v) is 4.74. The van der Waals surface area contributed by atoms with Gasteiger partial charge in [-0.2, -0.15) is 14.7 Å². The topological polar surface area (TPSA) is 189 Å². The molecule has 0 saturated carbocycles. The Morgan fingerprint density at radius 2 is 1.10 bits per heavy atom. The first-order chi connectivity index (χ1) is 9.72. The van der Waals surface area contributed by atoms with Crippen molar-refractivity contribution in [3.8, 4) is 0 Å². The Labute approximate surface area is 119 Å². The van der Waals surface area contributed by atoms with Crippen LogP contribution >= 0.6 is 0 Å². The number of hydrogen-bond acceptors (Lipinski definition) is 11. The minimum Gasteiger partial charge on any atom is -0.391 e. The van der Waals surface area contributed by atoms with Crippen LogP contribution in [0.5, 0.6) is 0 Å². The number of aliphatic hydroxyl groups is 5. The highest BCUT2D eigenvalue weighted by Crippen LogP contribution is 2.19. The summed E-state index contributed by atoms with van der Waals surface area (Å²) in [5.74, 6) is 0. The molecule has 0 heterocycles. The lowest BCUT2D eigenvalue weighted by atomic mass is 9.90. The predicted octanol–water partition coefficient (Wildman–Crippen LogP) is -1.76. The maximum absolute atomic E-state index is 10.7. The molecule has 11 heteroatoms. The van der Waals surface area contributed by atoms with E-state index in [0.29, 0.717) is 0 Å². The van der Waals surface area contributed by atoms with Gasteiger partial charge in [0.2, 0.25) is 0 Å². The van der Waals surface area contributed by atoms with Gasteiger partial charge in [-0.15, -0.1) is 0 Å². The van der Waals surface area contributed by atoms with E-state index in [2.05, 4.69) is 15.5 Å². The van der Waals surface area contributed by atoms with Gasteiger partial charge in [0.15, 0.2) is 0 Å². The Bertz CT molecular complexity index is 355. The summed E-state index contributed by atoms with van der Waals surface area (Å²) in [4.78, 5) is 31.5. The Hall–Kier alpha value is -1.40. The fourth-order valence-electron chi connectivity index (χ4n) is 1.72. The maximum Gasteiger partial charge on any atom is 0.148 e. The molecule has 0 rings (SSSR count). The van der Waals surface area contributed by atoms with Crippen LogP contribution in [-0.2, 0) is 0 Å². The van der Waals surface area contributed by atoms with Crippen LogP contribution in [0.15, 0.2) is 15.5 Å². The molecule has 0 aromatic heterocycles. The molecule has 0 radical (unpaired) electrons. The van der Waals surface area contributed by atoms with Crippen molar-refractivity contribution in [3.05, 3.63) is 14.7 Å². The second-order valence-electron chi connectivity index (χ2n) is 4.74. The zero-order valence-corrected chi connectivity index (χ0v) is 11.4. The van der Waals surface area contributed by atoms with E-state index >= 15 is 0 Å². The van der Waals surface area contributed by atoms with Gasteiger partial charge in [0.1, 0.15) is 42.5 Å². The minimum atomic E-state index is -2.10. The molecule has 21 heavy (non-hydrogen) atoms. The maximum atomic E-state index is 10.7. The SMILES string of the molecule is CC(O)C(N=O)C(O)C(N=O)C(O)C(O)C(O)C(C)N=O. The van der Waals surface area contributed by atoms with E-state index in [4.69, 9.17) is 0 Å². The Balaban J connectivity index is 5.12. The van der Waals surface area contributed by atoms with Crippen LogP contribution in [0.2, 0.25) is 0 Å². The van der Waals surface area contributed by atoms with Crippen molar-refractivity contribution in [3.63, 3.8) is 0 Å². The third-order valence-corrected chi connectivity index (χ3v) is 3.15. The highest BCUT2D eigenvalue weighted by Gasteiger charge is 2.43. The molecule has 0 amide bonds. The molecule has 0 saturated heterocycles. The number of nitrogens with zero attached hydrogens (tertiary/aromatic N) is 3. The van der Waals surface area contributed by atoms with Crippen molar-refractivity contribution in [2.75, 3.05) is 0 Å². The summed E-state index contributed by atoms with van der Waals surface area (Å²) < 4.78 is 0. The van der Waals surface area contributed by atoms with Gasteiger partial charge in [-0.1, -0.05) is 15.5 Å². The molecule has 0 bridgehead atoms. The predicted molar refractivity (Wildman–Crippen MR) is 70.1 cm³/mol. The molecule has 122 valence electrons. The minimum absolute atomic E-state index is 1.12. The largest absolute Gasteiger partial charge is 0.391 e. The molecule has 0 aliphatic heterocycles. The molecule has 0 aromatic carbocycles. The summed E-state index contributed by atoms with van der Waals surface area (Å²) in [6.45, 7) is 2.27. The van der Waals surface area contributed by atoms with E-state index in [-0.39, 0.29) is 0 Å². The molecule has 8 atom stereocenters. The third kappa shape index (κ3) is 4.82. The molecule has 11 nitrogen and oxygen atoms in total. The quantitative estimate of drug-likeness (QED) is 0.293. The lowest BCUT2D eigenvalue weighted by Crippen LogP contribution is -2.54. The number of aliphatic hydroxyl groups excluding tert-OH is 5. The number of hydrogen-bond donors (Lipinski definition) is 5. The molecule has 0 aliphatic carbocycles. The van der Waals surface area contributed by atoms with Crippen LogP contribution in [0.1, 0.15) is 13.8 Å². The normalized spacial score (nSPS) is 23.0. The van der Waals surface area contributed by atoms with Crippen molar-refractivity contribution in [2.45, 2.75) is 62.5 Å². The lowest BCUT2D eigenvalue weighted by Gasteiger charge is -2.30. The van der Waals surface area contributed by atoms with Crippen LogP contribution in [0, 0.1) is 14.7 Å². The number of rotatable bonds is 10. The fraction of sp³-hybridized carbons (Fsp3) is 1.00. The van der Waals surface area contributed by atoms with Gasteiger partial charge in [-0.25, -0.2) is 0 Å². The molecular weight excluding hydrogens is 290 g/mol. The van der Waals surface area contributed by atoms with Gasteiger partial charge in [-0.05, 0) is 13.8 Å². The lowest BCUT2D eigenvalue weighted by molar-refractivity contribution is -0.0927. The molecular formula is C10H19N3O8. The van der Waals surface area contributed by atoms with Gasteiger partial charge in [-0.3, -0.25) is 0 Å². The first kappa shape index (κ1) is 19.6. The van der Waals surface area contributed by atoms with Gasteiger partial charge in [0.05, 0.1) is 6.10 Å². The van der Waals surface area contributed by atoms with Gasteiger partial charge < -0.3 is 25.5 Å². The smallest absolute Gasteiger partial charge is 0.148 e. The van der Waals surface area contributed by atoms with Crippen molar-refractivity contribution in [1.82, 2.24) is 0 Å². The molecule has 0 aromatic rings. The van der Waals surface area contributed by atoms with E-state index in [1.54, 1.807) is 0 Å². The van der Waals surface area contributed by atoms with Crippen LogP contribution in [0.3, 0.4) is 0 Å². The van der Waals surface area contributed by atoms with E-state index in [1.807, 2.05) is 0 Å². The summed E-state index contributed by atoms with van der Waals surface area (Å²) in [6, 6.07) is -4.92. The average Bonchev–Trinajstić information content (AvgIpc) is 2.45. The summed E-state index contributed by atoms with van der Waals surface area (Å²) in [6.07, 6.45) is -9.37. The van der Waals surface area contributed by atoms with Crippen molar-refractivity contribution < 1.29 is 25.5 Å². The van der Waals surface area contributed by atoms with Crippen LogP contribution < -0.4 is 0 Å². The van der Waals surface area contributed by atoms with Gasteiger partial charge >= 0.3 is 0 Å². The zero-order chi connectivity index (χ0) is 16.7. The zero-order valence-electron chi connectivity index (χ0n) is 11.4. The Kier molecular flexibility index (Phi) is 8.21. The monoisotopic (exact) mass is 309 g/mol. The first-order valence-electron chi connectivity index (χ1n) is 6.10. The van der Waals surface area contributed by atoms with Gasteiger partial charge in [0.25, 0.3) is 0 Å². The summed E-state index contributed by atoms with van der Waals surface area (Å²) in [7, 11) is 0. The fourth-order valence-corrected chi connectivity index (χ4v) is 1.72. The Morgan fingerprint density at radius 1 is 0.619 bits per heavy atom. The summed E-state index contributed by atoms with van der Waals surface area (Å²) >= 11 is 0. The standard InChI is InChI=1S/C10H19N3O8/c1-3(11-19)7(15)10(18)9(17)6(13-21)8(16)5(12-20)4(2)14/h3-10,14-18H,1-2H3. The van der Waals surface area contributed by atoms with Crippen LogP contribution in [0.25, 0.3) is 0 Å². The molecule has 0 fully saturated rings. The summed E-state index contributed by atoms with van der Waals surface area (Å²) in [5, 5.41) is 55.2. The highest BCUT2D eigenvalue weighted by atomic mass is 16.4. The van der Waals surface area contributed by atoms with E-state index in [1.165, 1.54) is 0 Å². The highest BCUT2D eigenvalue weighted by molar-refractivity contribution is 4.97. The van der Waals surface area contributed by atoms with E-state index in [9.17, 15) is 40.3 Å². The van der Waals surface area contributed by atoms with Crippen LogP contribution in [-0.4, -0.2) is 74.2 Å². The van der Waals surface area contributed by atoms with Crippen molar-refractivity contribution in [2.24, 2.45) is 15.5 Å². The van der Waals surface area contributed by atoms with E-state index < -0.39 is 48.6 Å². The Morgan fingerprint density at radius 3 is 1.43 bits per heavy atom. The van der Waals surface area contributed by atoms with E-state index in [0.717, 1.165) is 13.8 Å². The van der Waals surface area contributed by atoms with Crippen molar-refractivity contribution in [1.29, 1.82) is 0 Å². The third-order valence-electron chi connectivity index (χ3n) is 3.15. The molecule has 8 unspecified atom stereocenters. The van der Waals surface area contributed by atoms with Crippen LogP contribution in [0.4, 0.5) is 0 Å².